The molecule has 4 aromatic rings. The molecule has 202 valence electrons. The maximum Gasteiger partial charge on any atom is 0.573 e. The van der Waals surface area contributed by atoms with Crippen molar-refractivity contribution in [3.8, 4) is 5.75 Å². The Hall–Kier alpha value is -3.53. The van der Waals surface area contributed by atoms with Gasteiger partial charge in [-0.2, -0.15) is 0 Å². The number of ether oxygens (including phenoxy) is 1. The lowest BCUT2D eigenvalue weighted by Gasteiger charge is -2.27. The molecule has 0 aliphatic carbocycles. The van der Waals surface area contributed by atoms with E-state index in [4.69, 9.17) is 23.2 Å². The molecule has 6 nitrogen and oxygen atoms in total. The lowest BCUT2D eigenvalue weighted by atomic mass is 10.0. The van der Waals surface area contributed by atoms with Gasteiger partial charge in [0.15, 0.2) is 0 Å². The van der Waals surface area contributed by atoms with Crippen molar-refractivity contribution < 1.29 is 22.7 Å². The zero-order valence-electron chi connectivity index (χ0n) is 20.5. The molecule has 0 fully saturated rings. The van der Waals surface area contributed by atoms with Crippen molar-refractivity contribution in [3.63, 3.8) is 0 Å². The van der Waals surface area contributed by atoms with Crippen LogP contribution < -0.4 is 10.1 Å². The Kier molecular flexibility index (Phi) is 7.83. The number of rotatable bonds is 6. The van der Waals surface area contributed by atoms with Gasteiger partial charge in [-0.05, 0) is 59.2 Å². The molecule has 11 heteroatoms. The van der Waals surface area contributed by atoms with Crippen molar-refractivity contribution in [2.75, 3.05) is 13.1 Å². The van der Waals surface area contributed by atoms with Gasteiger partial charge in [0.25, 0.3) is 0 Å². The number of alkyl halides is 3. The molecule has 0 unspecified atom stereocenters. The summed E-state index contributed by atoms with van der Waals surface area (Å²) in [6.07, 6.45) is 1.36. The van der Waals surface area contributed by atoms with Crippen molar-refractivity contribution in [2.24, 2.45) is 0 Å². The number of hydrogen-bond acceptors (Lipinski definition) is 4. The zero-order valence-corrected chi connectivity index (χ0v) is 22.0. The molecule has 1 N–H and O–H groups in total. The van der Waals surface area contributed by atoms with E-state index >= 15 is 0 Å². The number of pyridine rings is 1. The summed E-state index contributed by atoms with van der Waals surface area (Å²) in [5.41, 5.74) is 4.38. The van der Waals surface area contributed by atoms with E-state index in [0.717, 1.165) is 39.8 Å². The van der Waals surface area contributed by atoms with Gasteiger partial charge in [-0.1, -0.05) is 47.5 Å². The average molecular weight is 575 g/mol. The first-order valence-corrected chi connectivity index (χ1v) is 12.9. The fraction of sp³-hybridized carbons (Fsp3) is 0.214. The molecule has 1 aliphatic rings. The first-order chi connectivity index (χ1) is 18.7. The highest BCUT2D eigenvalue weighted by Crippen LogP contribution is 2.33. The molecule has 0 spiro atoms. The molecule has 1 aliphatic heterocycles. The molecule has 0 bridgehead atoms. The summed E-state index contributed by atoms with van der Waals surface area (Å²) in [5, 5.41) is 4.85. The Morgan fingerprint density at radius 3 is 2.64 bits per heavy atom. The second-order valence-corrected chi connectivity index (χ2v) is 9.90. The molecule has 5 rings (SSSR count). The highest BCUT2D eigenvalue weighted by Gasteiger charge is 2.31. The molecule has 39 heavy (non-hydrogen) atoms. The van der Waals surface area contributed by atoms with Gasteiger partial charge in [-0.3, -0.25) is 9.47 Å². The van der Waals surface area contributed by atoms with Crippen LogP contribution in [0.15, 0.2) is 66.9 Å². The van der Waals surface area contributed by atoms with Gasteiger partial charge in [0, 0.05) is 54.9 Å². The molecule has 0 radical (unpaired) electrons. The van der Waals surface area contributed by atoms with Crippen molar-refractivity contribution in [1.29, 1.82) is 0 Å². The van der Waals surface area contributed by atoms with Crippen LogP contribution in [-0.2, 0) is 19.5 Å². The molecular weight excluding hydrogens is 552 g/mol. The molecule has 0 saturated carbocycles. The number of nitrogens with one attached hydrogen (secondary N) is 1. The number of amides is 1. The molecule has 2 aromatic carbocycles. The average Bonchev–Trinajstić information content (AvgIpc) is 3.20. The fourth-order valence-corrected chi connectivity index (χ4v) is 5.07. The van der Waals surface area contributed by atoms with Crippen LogP contribution in [0.3, 0.4) is 0 Å². The Morgan fingerprint density at radius 1 is 1.10 bits per heavy atom. The third kappa shape index (κ3) is 6.55. The third-order valence-corrected chi connectivity index (χ3v) is 6.86. The topological polar surface area (TPSA) is 59.4 Å². The van der Waals surface area contributed by atoms with Crippen LogP contribution in [0.1, 0.15) is 22.4 Å². The smallest absolute Gasteiger partial charge is 0.406 e. The van der Waals surface area contributed by atoms with Crippen LogP contribution in [0, 0.1) is 0 Å². The predicted molar refractivity (Wildman–Crippen MR) is 145 cm³/mol. The summed E-state index contributed by atoms with van der Waals surface area (Å²) in [5.74, 6) is -0.258. The van der Waals surface area contributed by atoms with Crippen molar-refractivity contribution in [3.05, 3.63) is 99.4 Å². The number of carbonyl (C=O) groups excluding carboxylic acids is 1. The molecular formula is C28H23Cl2F3N4O2. The van der Waals surface area contributed by atoms with Gasteiger partial charge in [-0.15, -0.1) is 13.2 Å². The molecule has 0 atom stereocenters. The number of hydrogen-bond donors (Lipinski definition) is 1. The Bertz CT molecular complexity index is 1530. The summed E-state index contributed by atoms with van der Waals surface area (Å²) in [4.78, 5) is 19.5. The van der Waals surface area contributed by atoms with Crippen LogP contribution in [0.4, 0.5) is 18.0 Å². The minimum absolute atomic E-state index is 0.234. The van der Waals surface area contributed by atoms with E-state index in [9.17, 15) is 18.0 Å². The van der Waals surface area contributed by atoms with E-state index in [0.29, 0.717) is 36.2 Å². The summed E-state index contributed by atoms with van der Waals surface area (Å²) in [6.45, 7) is 2.29. The van der Waals surface area contributed by atoms with E-state index in [1.165, 1.54) is 12.1 Å². The standard InChI is InChI=1S/C28H23Cl2F3N4O2/c29-20-5-8-24-22(15-20)23-17-36(12-1-2-18-3-6-21(7-4-18)39-28(31,32)33)13-10-25(23)37(24)27(38)35-16-19-9-11-34-26(30)14-19/h1-9,11,14-15H,10,12-13,16-17H2,(H,35,38). The van der Waals surface area contributed by atoms with Crippen molar-refractivity contribution in [2.45, 2.75) is 25.9 Å². The Balaban J connectivity index is 1.30. The first-order valence-electron chi connectivity index (χ1n) is 12.1. The normalized spacial score (nSPS) is 14.1. The van der Waals surface area contributed by atoms with E-state index in [1.807, 2.05) is 24.3 Å². The van der Waals surface area contributed by atoms with E-state index in [-0.39, 0.29) is 11.8 Å². The van der Waals surface area contributed by atoms with Gasteiger partial charge in [0.1, 0.15) is 10.9 Å². The number of fused-ring (bicyclic) bond motifs is 3. The Labute approximate surface area is 232 Å². The van der Waals surface area contributed by atoms with E-state index in [2.05, 4.69) is 19.9 Å². The fourth-order valence-electron chi connectivity index (χ4n) is 4.70. The summed E-state index contributed by atoms with van der Waals surface area (Å²) >= 11 is 12.3. The minimum atomic E-state index is -4.72. The van der Waals surface area contributed by atoms with Crippen LogP contribution in [0.2, 0.25) is 10.2 Å². The number of halogens is 5. The van der Waals surface area contributed by atoms with Crippen LogP contribution in [-0.4, -0.2) is 39.9 Å². The maximum atomic E-state index is 13.3. The monoisotopic (exact) mass is 574 g/mol. The minimum Gasteiger partial charge on any atom is -0.406 e. The number of nitrogens with zero attached hydrogens (tertiary/aromatic N) is 3. The number of aromatic nitrogens is 2. The Morgan fingerprint density at radius 2 is 1.90 bits per heavy atom. The quantitative estimate of drug-likeness (QED) is 0.250. The highest BCUT2D eigenvalue weighted by molar-refractivity contribution is 6.31. The predicted octanol–water partition coefficient (Wildman–Crippen LogP) is 7.07. The maximum absolute atomic E-state index is 13.3. The summed E-state index contributed by atoms with van der Waals surface area (Å²) in [7, 11) is 0. The highest BCUT2D eigenvalue weighted by atomic mass is 35.5. The van der Waals surface area contributed by atoms with Gasteiger partial charge in [-0.25, -0.2) is 9.78 Å². The second-order valence-electron chi connectivity index (χ2n) is 9.07. The van der Waals surface area contributed by atoms with E-state index in [1.54, 1.807) is 41.1 Å². The van der Waals surface area contributed by atoms with E-state index < -0.39 is 6.36 Å². The second kappa shape index (κ2) is 11.3. The van der Waals surface area contributed by atoms with Gasteiger partial charge in [0.05, 0.1) is 5.52 Å². The largest absolute Gasteiger partial charge is 0.573 e. The van der Waals surface area contributed by atoms with Crippen LogP contribution in [0.25, 0.3) is 17.0 Å². The molecule has 0 saturated heterocycles. The SMILES string of the molecule is O=C(NCc1ccnc(Cl)c1)n1c2c(c3cc(Cl)ccc31)CN(CC=Cc1ccc(OC(F)(F)F)cc1)CC2. The molecule has 2 aromatic heterocycles. The van der Waals surface area contributed by atoms with Gasteiger partial charge in [0.2, 0.25) is 0 Å². The van der Waals surface area contributed by atoms with Crippen LogP contribution in [0.5, 0.6) is 5.75 Å². The van der Waals surface area contributed by atoms with Gasteiger partial charge < -0.3 is 10.1 Å². The first kappa shape index (κ1) is 27.1. The zero-order chi connectivity index (χ0) is 27.6. The van der Waals surface area contributed by atoms with Crippen molar-refractivity contribution >= 4 is 46.2 Å². The lowest BCUT2D eigenvalue weighted by Crippen LogP contribution is -2.34. The summed E-state index contributed by atoms with van der Waals surface area (Å²) < 4.78 is 42.7. The van der Waals surface area contributed by atoms with Crippen molar-refractivity contribution in [1.82, 2.24) is 19.8 Å². The number of benzene rings is 2. The van der Waals surface area contributed by atoms with Gasteiger partial charge >= 0.3 is 12.4 Å². The third-order valence-electron chi connectivity index (χ3n) is 6.41. The lowest BCUT2D eigenvalue weighted by molar-refractivity contribution is -0.274. The molecule has 3 heterocycles. The molecule has 1 amide bonds. The number of carbonyl (C=O) groups is 1. The van der Waals surface area contributed by atoms with Crippen LogP contribution >= 0.6 is 23.2 Å². The summed E-state index contributed by atoms with van der Waals surface area (Å²) in [6, 6.07) is 14.5.